The number of nitrogens with zero attached hydrogens (tertiary/aromatic N) is 4. The van der Waals surface area contributed by atoms with Crippen LogP contribution in [0.4, 0.5) is 4.79 Å². The second-order valence-corrected chi connectivity index (χ2v) is 25.1. The molecule has 3 N–H and O–H groups in total. The van der Waals surface area contributed by atoms with Gasteiger partial charge in [-0.3, -0.25) is 23.7 Å². The molecule has 15 nitrogen and oxygen atoms in total. The van der Waals surface area contributed by atoms with E-state index in [9.17, 15) is 27.6 Å². The molecule has 4 amide bonds. The van der Waals surface area contributed by atoms with Crippen molar-refractivity contribution in [1.82, 2.24) is 34.8 Å². The number of fused-ring (bicyclic) bond motifs is 6. The minimum atomic E-state index is -4.06. The first-order valence-corrected chi connectivity index (χ1v) is 26.6. The third kappa shape index (κ3) is 10.3. The van der Waals surface area contributed by atoms with E-state index >= 15 is 0 Å². The van der Waals surface area contributed by atoms with E-state index in [-0.39, 0.29) is 37.3 Å². The fourth-order valence-electron chi connectivity index (χ4n) is 9.89. The molecule has 2 aliphatic carbocycles. The molecule has 0 radical (unpaired) electrons. The molecule has 3 fully saturated rings. The fraction of sp³-hybridized carbons (Fsp3) is 0.714. The average Bonchev–Trinajstić information content (AvgIpc) is 3.99. The molecule has 7 rings (SSSR count). The van der Waals surface area contributed by atoms with Crippen LogP contribution in [0.15, 0.2) is 18.2 Å². The van der Waals surface area contributed by atoms with Gasteiger partial charge in [0.05, 0.1) is 22.5 Å². The number of nitrogens with one attached hydrogen (secondary N) is 3. The quantitative estimate of drug-likeness (QED) is 0.223. The molecule has 1 aromatic carbocycles. The van der Waals surface area contributed by atoms with Gasteiger partial charge in [0.15, 0.2) is 0 Å². The summed E-state index contributed by atoms with van der Waals surface area (Å²) in [5.41, 5.74) is 0.480. The number of imidazole rings is 1. The Morgan fingerprint density at radius 3 is 2.27 bits per heavy atom. The van der Waals surface area contributed by atoms with Crippen LogP contribution in [-0.2, 0) is 35.6 Å². The fourth-order valence-corrected chi connectivity index (χ4v) is 12.9. The predicted molar refractivity (Wildman–Crippen MR) is 257 cm³/mol. The monoisotopic (exact) mass is 951 g/mol. The topological polar surface area (TPSA) is 191 Å². The van der Waals surface area contributed by atoms with Gasteiger partial charge in [0.2, 0.25) is 21.8 Å². The molecule has 4 heterocycles. The van der Waals surface area contributed by atoms with Gasteiger partial charge in [0, 0.05) is 22.9 Å². The number of hydrogen-bond acceptors (Lipinski definition) is 11. The number of para-hydroxylation sites is 1. The molecular weight excluding hydrogens is 879 g/mol. The van der Waals surface area contributed by atoms with Crippen molar-refractivity contribution in [3.05, 3.63) is 28.8 Å². The number of benzene rings is 1. The normalized spacial score (nSPS) is 25.5. The van der Waals surface area contributed by atoms with E-state index in [0.717, 1.165) is 72.2 Å². The number of aryl methyl sites for hydroxylation is 1. The van der Waals surface area contributed by atoms with Gasteiger partial charge in [-0.25, -0.2) is 18.2 Å². The number of carbonyl (C=O) groups excluding carboxylic acids is 4. The maximum absolute atomic E-state index is 14.9. The zero-order valence-corrected chi connectivity index (χ0v) is 42.6. The Kier molecular flexibility index (Phi) is 14.1. The molecular formula is C49H73N7O8S2. The third-order valence-electron chi connectivity index (χ3n) is 13.8. The van der Waals surface area contributed by atoms with Crippen molar-refractivity contribution in [2.45, 2.75) is 206 Å². The lowest BCUT2D eigenvalue weighted by molar-refractivity contribution is -0.143. The summed E-state index contributed by atoms with van der Waals surface area (Å²) < 4.78 is 43.9. The number of carbonyl (C=O) groups is 4. The van der Waals surface area contributed by atoms with Gasteiger partial charge < -0.3 is 25.0 Å². The SMILES string of the molecule is CC[C@@H]1C[C@@]12NC(=O)[C@@H]1C[C@H](CN1C(=O)[C@@H](NC(=O)OC(C)(C)C)C(C)(C)C)Oc1nc3c(cccc3n1C(C)C)-c1nc(C(C)C)c(s1)CCCCCCCCC1(CC1)S(=O)(=O)NC2=O. The molecule has 6 bridgehead atoms. The molecule has 2 aromatic heterocycles. The van der Waals surface area contributed by atoms with Gasteiger partial charge >= 0.3 is 6.09 Å². The van der Waals surface area contributed by atoms with Gasteiger partial charge in [-0.05, 0) is 103 Å². The maximum Gasteiger partial charge on any atom is 0.408 e. The predicted octanol–water partition coefficient (Wildman–Crippen LogP) is 8.70. The lowest BCUT2D eigenvalue weighted by Crippen LogP contribution is -2.60. The Morgan fingerprint density at radius 1 is 0.985 bits per heavy atom. The number of likely N-dealkylation sites (tertiary alicyclic amines) is 1. The second-order valence-electron chi connectivity index (χ2n) is 21.9. The van der Waals surface area contributed by atoms with Gasteiger partial charge in [-0.15, -0.1) is 11.3 Å². The summed E-state index contributed by atoms with van der Waals surface area (Å²) in [5.74, 6) is -1.94. The average molecular weight is 952 g/mol. The van der Waals surface area contributed by atoms with Crippen LogP contribution in [0.2, 0.25) is 0 Å². The molecule has 3 aromatic rings. The van der Waals surface area contributed by atoms with Crippen molar-refractivity contribution >= 4 is 56.2 Å². The van der Waals surface area contributed by atoms with Crippen LogP contribution in [0.25, 0.3) is 21.6 Å². The van der Waals surface area contributed by atoms with E-state index in [2.05, 4.69) is 35.3 Å². The van der Waals surface area contributed by atoms with Crippen LogP contribution in [0, 0.1) is 11.3 Å². The molecule has 4 aliphatic rings. The minimum absolute atomic E-state index is 0.0332. The number of ether oxygens (including phenoxy) is 2. The Hall–Kier alpha value is -4.25. The van der Waals surface area contributed by atoms with Crippen molar-refractivity contribution in [1.29, 1.82) is 0 Å². The highest BCUT2D eigenvalue weighted by molar-refractivity contribution is 7.91. The van der Waals surface area contributed by atoms with Crippen LogP contribution in [-0.4, -0.2) is 92.3 Å². The van der Waals surface area contributed by atoms with Crippen molar-refractivity contribution in [2.24, 2.45) is 11.3 Å². The summed E-state index contributed by atoms with van der Waals surface area (Å²) in [6.45, 7) is 21.0. The molecule has 2 saturated carbocycles. The van der Waals surface area contributed by atoms with Crippen molar-refractivity contribution in [3.8, 4) is 16.6 Å². The van der Waals surface area contributed by atoms with E-state index in [1.807, 2.05) is 58.2 Å². The van der Waals surface area contributed by atoms with Gasteiger partial charge in [0.25, 0.3) is 11.9 Å². The van der Waals surface area contributed by atoms with E-state index in [4.69, 9.17) is 19.4 Å². The highest BCUT2D eigenvalue weighted by atomic mass is 32.2. The molecule has 0 unspecified atom stereocenters. The summed E-state index contributed by atoms with van der Waals surface area (Å²) in [7, 11) is -4.06. The minimum Gasteiger partial charge on any atom is -0.459 e. The highest BCUT2D eigenvalue weighted by Gasteiger charge is 2.64. The zero-order chi connectivity index (χ0) is 48.1. The second kappa shape index (κ2) is 18.7. The summed E-state index contributed by atoms with van der Waals surface area (Å²) in [5, 5.41) is 6.66. The zero-order valence-electron chi connectivity index (χ0n) is 41.0. The van der Waals surface area contributed by atoms with Gasteiger partial charge in [-0.1, -0.05) is 86.1 Å². The smallest absolute Gasteiger partial charge is 0.408 e. The first kappa shape index (κ1) is 49.6. The van der Waals surface area contributed by atoms with Crippen molar-refractivity contribution < 1.29 is 37.1 Å². The summed E-state index contributed by atoms with van der Waals surface area (Å²) >= 11 is 1.72. The number of alkyl carbamates (subject to hydrolysis) is 1. The Bertz CT molecular complexity index is 2430. The summed E-state index contributed by atoms with van der Waals surface area (Å²) in [4.78, 5) is 70.3. The number of rotatable bonds is 5. The summed E-state index contributed by atoms with van der Waals surface area (Å²) in [6, 6.07) is 4.07. The van der Waals surface area contributed by atoms with Crippen molar-refractivity contribution in [2.75, 3.05) is 6.54 Å². The number of hydrogen-bond donors (Lipinski definition) is 3. The molecule has 1 saturated heterocycles. The maximum atomic E-state index is 14.9. The van der Waals surface area contributed by atoms with Crippen LogP contribution in [0.5, 0.6) is 6.01 Å². The molecule has 2 spiro atoms. The number of aromatic nitrogens is 3. The number of thiazole rings is 1. The van der Waals surface area contributed by atoms with E-state index in [1.54, 1.807) is 32.1 Å². The molecule has 5 atom stereocenters. The number of sulfonamides is 1. The Morgan fingerprint density at radius 2 is 1.67 bits per heavy atom. The molecule has 2 aliphatic heterocycles. The Balaban J connectivity index is 1.28. The first-order valence-electron chi connectivity index (χ1n) is 24.3. The molecule has 66 heavy (non-hydrogen) atoms. The highest BCUT2D eigenvalue weighted by Crippen LogP contribution is 2.50. The molecule has 364 valence electrons. The summed E-state index contributed by atoms with van der Waals surface area (Å²) in [6.07, 6.45) is 7.48. The lowest BCUT2D eigenvalue weighted by atomic mass is 9.85. The van der Waals surface area contributed by atoms with E-state index in [1.165, 1.54) is 9.78 Å². The van der Waals surface area contributed by atoms with Crippen LogP contribution in [0.1, 0.15) is 176 Å². The van der Waals surface area contributed by atoms with Crippen LogP contribution < -0.4 is 20.1 Å². The standard InChI is InChI=1S/C49H73N7O8S2/c1-12-31-27-49(31)43(59)54-66(61,62)48(24-25-48)23-18-16-14-13-15-17-22-36-37(29(2)3)50-41(65-36)33-20-19-21-34-38(33)51-44(56(34)30(4)5)63-32-26-35(40(57)53-49)55(28-32)42(58)39(46(6,7)8)52-45(60)64-47(9,10)11/h19-21,29-32,35,39H,12-18,22-28H2,1-11H3,(H,52,60)(H,53,57)(H,54,59)/t31-,32-,35+,39-,49-/m1/s1. The van der Waals surface area contributed by atoms with Crippen molar-refractivity contribution in [3.63, 3.8) is 0 Å². The van der Waals surface area contributed by atoms with E-state index < -0.39 is 73.3 Å². The van der Waals surface area contributed by atoms with Crippen LogP contribution >= 0.6 is 11.3 Å². The van der Waals surface area contributed by atoms with Gasteiger partial charge in [0.1, 0.15) is 39.9 Å². The first-order chi connectivity index (χ1) is 30.9. The largest absolute Gasteiger partial charge is 0.459 e. The third-order valence-corrected chi connectivity index (χ3v) is 17.2. The molecule has 17 heteroatoms. The lowest BCUT2D eigenvalue weighted by Gasteiger charge is -2.36. The van der Waals surface area contributed by atoms with Crippen LogP contribution in [0.3, 0.4) is 0 Å². The van der Waals surface area contributed by atoms with Gasteiger partial charge in [-0.2, -0.15) is 4.98 Å². The van der Waals surface area contributed by atoms with E-state index in [0.29, 0.717) is 31.7 Å². The Labute approximate surface area is 395 Å². The number of amides is 4.